The number of phenols is 1. The van der Waals surface area contributed by atoms with Crippen molar-refractivity contribution in [2.75, 3.05) is 5.32 Å². The van der Waals surface area contributed by atoms with Crippen LogP contribution in [0.1, 0.15) is 5.56 Å². The number of benzene rings is 2. The molecule has 2 aromatic rings. The summed E-state index contributed by atoms with van der Waals surface area (Å²) in [7, 11) is 0. The Morgan fingerprint density at radius 2 is 1.78 bits per heavy atom. The van der Waals surface area contributed by atoms with Gasteiger partial charge in [-0.3, -0.25) is 0 Å². The smallest absolute Gasteiger partial charge is 0.139 e. The van der Waals surface area contributed by atoms with Gasteiger partial charge in [0.1, 0.15) is 11.6 Å². The standard InChI is InChI=1S/C13H10Cl2FNO/c14-9-5-8(13(18)12(15)6-9)7-17-11-3-1-10(16)2-4-11/h1-6,17-18H,7H2. The first-order valence-corrected chi connectivity index (χ1v) is 5.98. The molecule has 18 heavy (non-hydrogen) atoms. The van der Waals surface area contributed by atoms with Crippen LogP contribution in [-0.2, 0) is 6.54 Å². The van der Waals surface area contributed by atoms with Gasteiger partial charge in [-0.1, -0.05) is 23.2 Å². The summed E-state index contributed by atoms with van der Waals surface area (Å²) >= 11 is 11.7. The molecule has 0 atom stereocenters. The third-order valence-corrected chi connectivity index (χ3v) is 2.94. The minimum absolute atomic E-state index is 0.00400. The number of aromatic hydroxyl groups is 1. The van der Waals surface area contributed by atoms with Crippen molar-refractivity contribution in [2.24, 2.45) is 0 Å². The van der Waals surface area contributed by atoms with Gasteiger partial charge >= 0.3 is 0 Å². The Morgan fingerprint density at radius 3 is 2.44 bits per heavy atom. The van der Waals surface area contributed by atoms with Crippen molar-refractivity contribution in [3.8, 4) is 5.75 Å². The molecule has 0 spiro atoms. The maximum absolute atomic E-state index is 12.7. The van der Waals surface area contributed by atoms with Crippen molar-refractivity contribution in [3.63, 3.8) is 0 Å². The molecular weight excluding hydrogens is 276 g/mol. The molecule has 0 aliphatic heterocycles. The van der Waals surface area contributed by atoms with Crippen LogP contribution in [0.25, 0.3) is 0 Å². The van der Waals surface area contributed by atoms with Crippen LogP contribution in [0, 0.1) is 5.82 Å². The minimum atomic E-state index is -0.297. The topological polar surface area (TPSA) is 32.3 Å². The molecule has 0 aromatic heterocycles. The number of anilines is 1. The second kappa shape index (κ2) is 5.46. The van der Waals surface area contributed by atoms with Crippen LogP contribution in [0.15, 0.2) is 36.4 Å². The summed E-state index contributed by atoms with van der Waals surface area (Å²) in [6.45, 7) is 0.345. The van der Waals surface area contributed by atoms with Gasteiger partial charge < -0.3 is 10.4 Å². The highest BCUT2D eigenvalue weighted by molar-refractivity contribution is 6.35. The molecule has 2 aromatic carbocycles. The highest BCUT2D eigenvalue weighted by Gasteiger charge is 2.07. The Balaban J connectivity index is 2.13. The lowest BCUT2D eigenvalue weighted by Gasteiger charge is -2.09. The average molecular weight is 286 g/mol. The average Bonchev–Trinajstić information content (AvgIpc) is 2.34. The zero-order valence-corrected chi connectivity index (χ0v) is 10.8. The third kappa shape index (κ3) is 3.06. The van der Waals surface area contributed by atoms with Gasteiger partial charge in [-0.05, 0) is 36.4 Å². The van der Waals surface area contributed by atoms with Crippen molar-refractivity contribution >= 4 is 28.9 Å². The largest absolute Gasteiger partial charge is 0.506 e. The maximum Gasteiger partial charge on any atom is 0.139 e. The highest BCUT2D eigenvalue weighted by Crippen LogP contribution is 2.31. The summed E-state index contributed by atoms with van der Waals surface area (Å²) in [4.78, 5) is 0. The molecular formula is C13H10Cl2FNO. The lowest BCUT2D eigenvalue weighted by molar-refractivity contribution is 0.469. The molecule has 2 nitrogen and oxygen atoms in total. The summed E-state index contributed by atoms with van der Waals surface area (Å²) in [5.74, 6) is -0.301. The number of hydrogen-bond acceptors (Lipinski definition) is 2. The predicted octanol–water partition coefficient (Wildman–Crippen LogP) is 4.45. The van der Waals surface area contributed by atoms with E-state index in [0.29, 0.717) is 17.1 Å². The fourth-order valence-electron chi connectivity index (χ4n) is 1.52. The van der Waals surface area contributed by atoms with E-state index in [9.17, 15) is 9.50 Å². The van der Waals surface area contributed by atoms with Crippen molar-refractivity contribution in [2.45, 2.75) is 6.54 Å². The molecule has 0 fully saturated rings. The molecule has 0 bridgehead atoms. The molecule has 5 heteroatoms. The number of rotatable bonds is 3. The van der Waals surface area contributed by atoms with Crippen LogP contribution in [0.5, 0.6) is 5.75 Å². The van der Waals surface area contributed by atoms with Crippen molar-refractivity contribution in [1.29, 1.82) is 0 Å². The van der Waals surface area contributed by atoms with Gasteiger partial charge in [0, 0.05) is 22.8 Å². The number of hydrogen-bond donors (Lipinski definition) is 2. The quantitative estimate of drug-likeness (QED) is 0.873. The van der Waals surface area contributed by atoms with Crippen LogP contribution in [0.2, 0.25) is 10.0 Å². The molecule has 0 unspecified atom stereocenters. The summed E-state index contributed by atoms with van der Waals surface area (Å²) in [5.41, 5.74) is 1.32. The van der Waals surface area contributed by atoms with E-state index in [1.54, 1.807) is 18.2 Å². The SMILES string of the molecule is Oc1c(Cl)cc(Cl)cc1CNc1ccc(F)cc1. The van der Waals surface area contributed by atoms with Gasteiger partial charge in [-0.15, -0.1) is 0 Å². The molecule has 0 radical (unpaired) electrons. The fourth-order valence-corrected chi connectivity index (χ4v) is 2.05. The predicted molar refractivity (Wildman–Crippen MR) is 71.9 cm³/mol. The summed E-state index contributed by atoms with van der Waals surface area (Å²) < 4.78 is 12.7. The van der Waals surface area contributed by atoms with Crippen molar-refractivity contribution < 1.29 is 9.50 Å². The second-order valence-corrected chi connectivity index (χ2v) is 4.60. The molecule has 0 saturated heterocycles. The van der Waals surface area contributed by atoms with Crippen LogP contribution < -0.4 is 5.32 Å². The number of nitrogens with one attached hydrogen (secondary N) is 1. The first-order chi connectivity index (χ1) is 8.56. The van der Waals surface area contributed by atoms with E-state index >= 15 is 0 Å². The van der Waals surface area contributed by atoms with E-state index in [2.05, 4.69) is 5.32 Å². The monoisotopic (exact) mass is 285 g/mol. The van der Waals surface area contributed by atoms with E-state index in [1.165, 1.54) is 18.2 Å². The number of halogens is 3. The summed E-state index contributed by atoms with van der Waals surface area (Å²) in [5, 5.41) is 13.5. The zero-order chi connectivity index (χ0) is 13.1. The van der Waals surface area contributed by atoms with Gasteiger partial charge in [0.15, 0.2) is 0 Å². The van der Waals surface area contributed by atoms with E-state index in [0.717, 1.165) is 5.69 Å². The molecule has 0 aliphatic carbocycles. The van der Waals surface area contributed by atoms with Gasteiger partial charge in [0.25, 0.3) is 0 Å². The van der Waals surface area contributed by atoms with Crippen LogP contribution in [-0.4, -0.2) is 5.11 Å². The third-order valence-electron chi connectivity index (χ3n) is 2.43. The molecule has 94 valence electrons. The number of phenolic OH excluding ortho intramolecular Hbond substituents is 1. The maximum atomic E-state index is 12.7. The molecule has 2 N–H and O–H groups in total. The molecule has 0 saturated carbocycles. The molecule has 0 amide bonds. The Morgan fingerprint density at radius 1 is 1.11 bits per heavy atom. The Bertz CT molecular complexity index is 558. The van der Waals surface area contributed by atoms with Crippen molar-refractivity contribution in [1.82, 2.24) is 0 Å². The van der Waals surface area contributed by atoms with E-state index in [1.807, 2.05) is 0 Å². The zero-order valence-electron chi connectivity index (χ0n) is 9.25. The first kappa shape index (κ1) is 13.0. The normalized spacial score (nSPS) is 10.4. The van der Waals surface area contributed by atoms with E-state index in [4.69, 9.17) is 23.2 Å². The van der Waals surface area contributed by atoms with Crippen LogP contribution in [0.4, 0.5) is 10.1 Å². The molecule has 2 rings (SSSR count). The lowest BCUT2D eigenvalue weighted by Crippen LogP contribution is -2.00. The fraction of sp³-hybridized carbons (Fsp3) is 0.0769. The first-order valence-electron chi connectivity index (χ1n) is 5.22. The van der Waals surface area contributed by atoms with Gasteiger partial charge in [0.2, 0.25) is 0 Å². The highest BCUT2D eigenvalue weighted by atomic mass is 35.5. The molecule has 0 heterocycles. The Kier molecular flexibility index (Phi) is 3.94. The van der Waals surface area contributed by atoms with Crippen molar-refractivity contribution in [3.05, 3.63) is 57.8 Å². The van der Waals surface area contributed by atoms with Gasteiger partial charge in [-0.2, -0.15) is 0 Å². The van der Waals surface area contributed by atoms with Gasteiger partial charge in [-0.25, -0.2) is 4.39 Å². The van der Waals surface area contributed by atoms with E-state index < -0.39 is 0 Å². The molecule has 0 aliphatic rings. The van der Waals surface area contributed by atoms with Gasteiger partial charge in [0.05, 0.1) is 5.02 Å². The van der Waals surface area contributed by atoms with Crippen LogP contribution in [0.3, 0.4) is 0 Å². The lowest BCUT2D eigenvalue weighted by atomic mass is 10.2. The van der Waals surface area contributed by atoms with E-state index in [-0.39, 0.29) is 16.6 Å². The second-order valence-electron chi connectivity index (χ2n) is 3.76. The van der Waals surface area contributed by atoms with Crippen LogP contribution >= 0.6 is 23.2 Å². The Labute approximate surface area is 114 Å². The summed E-state index contributed by atoms with van der Waals surface area (Å²) in [6.07, 6.45) is 0. The Hall–Kier alpha value is -1.45. The summed E-state index contributed by atoms with van der Waals surface area (Å²) in [6, 6.07) is 9.02. The minimum Gasteiger partial charge on any atom is -0.506 e.